The quantitative estimate of drug-likeness (QED) is 0.187. The summed E-state index contributed by atoms with van der Waals surface area (Å²) < 4.78 is 22.7. The summed E-state index contributed by atoms with van der Waals surface area (Å²) in [5, 5.41) is 6.01. The highest BCUT2D eigenvalue weighted by molar-refractivity contribution is 7.85. The van der Waals surface area contributed by atoms with Gasteiger partial charge in [-0.2, -0.15) is 0 Å². The molecule has 0 radical (unpaired) electrons. The number of para-hydroxylation sites is 2. The van der Waals surface area contributed by atoms with Crippen molar-refractivity contribution in [2.24, 2.45) is 0 Å². The highest BCUT2D eigenvalue weighted by Gasteiger charge is 2.42. The fourth-order valence-electron chi connectivity index (χ4n) is 6.20. The lowest BCUT2D eigenvalue weighted by Crippen LogP contribution is -2.33. The summed E-state index contributed by atoms with van der Waals surface area (Å²) >= 11 is 0. The summed E-state index contributed by atoms with van der Waals surface area (Å²) in [6.45, 7) is 4.51. The van der Waals surface area contributed by atoms with Gasteiger partial charge in [-0.25, -0.2) is 0 Å². The molecule has 2 nitrogen and oxygen atoms in total. The third-order valence-electron chi connectivity index (χ3n) is 8.39. The van der Waals surface area contributed by atoms with Gasteiger partial charge >= 0.3 is 0 Å². The van der Waals surface area contributed by atoms with E-state index in [1.807, 2.05) is 72.8 Å². The van der Waals surface area contributed by atoms with Crippen LogP contribution in [0.2, 0.25) is 0 Å². The molecule has 0 N–H and O–H groups in total. The van der Waals surface area contributed by atoms with Crippen LogP contribution < -0.4 is 36.6 Å². The van der Waals surface area contributed by atoms with Crippen LogP contribution in [-0.2, 0) is 9.98 Å². The van der Waals surface area contributed by atoms with E-state index in [9.17, 15) is 0 Å². The van der Waals surface area contributed by atoms with Crippen LogP contribution in [-0.4, -0.2) is 0 Å². The fraction of sp³-hybridized carbons (Fsp3) is 0.0769. The van der Waals surface area contributed by atoms with Crippen LogP contribution in [0.5, 0.6) is 11.5 Å². The maximum absolute atomic E-state index is 15.6. The lowest BCUT2D eigenvalue weighted by Gasteiger charge is -2.38. The molecule has 6 aromatic carbocycles. The molecule has 0 aromatic heterocycles. The molecule has 0 amide bonds. The molecular formula is C39H32O2P2. The minimum absolute atomic E-state index is 0.373. The van der Waals surface area contributed by atoms with Gasteiger partial charge in [0.2, 0.25) is 0 Å². The van der Waals surface area contributed by atoms with Crippen LogP contribution in [0.25, 0.3) is 0 Å². The summed E-state index contributed by atoms with van der Waals surface area (Å²) in [6, 6.07) is 53.8. The molecule has 4 heteroatoms. The van der Waals surface area contributed by atoms with Gasteiger partial charge in [0.1, 0.15) is 11.5 Å². The summed E-state index contributed by atoms with van der Waals surface area (Å²) in [7, 11) is -4.19. The van der Waals surface area contributed by atoms with E-state index in [0.29, 0.717) is 5.75 Å². The Kier molecular flexibility index (Phi) is 7.14. The molecule has 0 bridgehead atoms. The minimum Gasteiger partial charge on any atom is -0.455 e. The lowest BCUT2D eigenvalue weighted by atomic mass is 9.76. The van der Waals surface area contributed by atoms with Crippen LogP contribution in [0.3, 0.4) is 0 Å². The van der Waals surface area contributed by atoms with Crippen LogP contribution >= 0.6 is 15.1 Å². The van der Waals surface area contributed by atoms with E-state index in [2.05, 4.69) is 98.8 Å². The van der Waals surface area contributed by atoms with Crippen molar-refractivity contribution in [2.75, 3.05) is 0 Å². The van der Waals surface area contributed by atoms with Gasteiger partial charge in [0, 0.05) is 32.5 Å². The first-order chi connectivity index (χ1) is 21.0. The third-order valence-corrected chi connectivity index (χ3v) is 13.9. The van der Waals surface area contributed by atoms with E-state index in [-0.39, 0.29) is 5.41 Å². The number of hydrogen-bond acceptors (Lipinski definition) is 2. The predicted molar refractivity (Wildman–Crippen MR) is 183 cm³/mol. The Morgan fingerprint density at radius 3 is 1.47 bits per heavy atom. The van der Waals surface area contributed by atoms with Crippen LogP contribution in [0, 0.1) is 0 Å². The maximum Gasteiger partial charge on any atom is 0.174 e. The Labute approximate surface area is 255 Å². The van der Waals surface area contributed by atoms with Gasteiger partial charge in [-0.3, -0.25) is 0 Å². The normalized spacial score (nSPS) is 13.6. The average molecular weight is 595 g/mol. The number of benzene rings is 6. The Morgan fingerprint density at radius 2 is 0.953 bits per heavy atom. The second-order valence-corrected chi connectivity index (χ2v) is 16.2. The Hall–Kier alpha value is -4.22. The van der Waals surface area contributed by atoms with E-state index in [1.165, 1.54) is 10.6 Å². The standard InChI is InChI=1S/C39H32O2P2/c1-39(2)33-25-15-27-35(42(29-17-7-3-8-18-29)30-19-9-4-10-20-30)37(33)41-38-34(39)26-16-28-36(38)43(40,31-21-11-5-12-22-31)32-23-13-6-14-24-32/h3-28H,1-2H3. The van der Waals surface area contributed by atoms with Gasteiger partial charge in [0.25, 0.3) is 0 Å². The van der Waals surface area contributed by atoms with Gasteiger partial charge in [0.15, 0.2) is 7.14 Å². The molecule has 0 spiro atoms. The van der Waals surface area contributed by atoms with Crippen LogP contribution in [0.1, 0.15) is 25.0 Å². The zero-order valence-corrected chi connectivity index (χ0v) is 26.0. The number of rotatable bonds is 6. The average Bonchev–Trinajstić information content (AvgIpc) is 3.06. The largest absolute Gasteiger partial charge is 0.455 e. The first-order valence-corrected chi connectivity index (χ1v) is 17.6. The van der Waals surface area contributed by atoms with Crippen molar-refractivity contribution in [3.8, 4) is 11.5 Å². The Bertz CT molecular complexity index is 1850. The molecule has 7 rings (SSSR count). The van der Waals surface area contributed by atoms with Gasteiger partial charge < -0.3 is 9.30 Å². The van der Waals surface area contributed by atoms with Gasteiger partial charge in [-0.05, 0) is 24.6 Å². The van der Waals surface area contributed by atoms with Crippen molar-refractivity contribution in [3.05, 3.63) is 169 Å². The fourth-order valence-corrected chi connectivity index (χ4v) is 11.4. The van der Waals surface area contributed by atoms with Gasteiger partial charge in [-0.1, -0.05) is 166 Å². The van der Waals surface area contributed by atoms with E-state index in [1.54, 1.807) is 0 Å². The Morgan fingerprint density at radius 1 is 0.512 bits per heavy atom. The Balaban J connectivity index is 1.48. The monoisotopic (exact) mass is 594 g/mol. The molecular weight excluding hydrogens is 562 g/mol. The SMILES string of the molecule is CC1(C)c2cccc(P(c3ccccc3)c3ccccc3)c2Oc2c1cccc2P(=O)(c1ccccc1)c1ccccc1. The summed E-state index contributed by atoms with van der Waals surface area (Å²) in [5.41, 5.74) is 1.82. The van der Waals surface area contributed by atoms with Gasteiger partial charge in [0.05, 0.1) is 5.30 Å². The van der Waals surface area contributed by atoms with E-state index < -0.39 is 15.1 Å². The van der Waals surface area contributed by atoms with Crippen molar-refractivity contribution in [1.29, 1.82) is 0 Å². The lowest BCUT2D eigenvalue weighted by molar-refractivity contribution is 0.424. The first-order valence-electron chi connectivity index (χ1n) is 14.6. The number of ether oxygens (including phenoxy) is 1. The molecule has 210 valence electrons. The van der Waals surface area contributed by atoms with Crippen molar-refractivity contribution in [2.45, 2.75) is 19.3 Å². The van der Waals surface area contributed by atoms with Crippen LogP contribution in [0.15, 0.2) is 158 Å². The highest BCUT2D eigenvalue weighted by Crippen LogP contribution is 2.54. The molecule has 0 aliphatic carbocycles. The van der Waals surface area contributed by atoms with Crippen molar-refractivity contribution < 1.29 is 9.30 Å². The molecule has 6 aromatic rings. The van der Waals surface area contributed by atoms with E-state index >= 15 is 4.57 Å². The molecule has 0 saturated heterocycles. The molecule has 1 aliphatic heterocycles. The topological polar surface area (TPSA) is 26.3 Å². The molecule has 0 unspecified atom stereocenters. The summed E-state index contributed by atoms with van der Waals surface area (Å²) in [6.07, 6.45) is 0. The van der Waals surface area contributed by atoms with Crippen molar-refractivity contribution in [1.82, 2.24) is 0 Å². The van der Waals surface area contributed by atoms with Crippen molar-refractivity contribution in [3.63, 3.8) is 0 Å². The first kappa shape index (κ1) is 27.6. The predicted octanol–water partition coefficient (Wildman–Crippen LogP) is 7.52. The minimum atomic E-state index is -3.28. The van der Waals surface area contributed by atoms with E-state index in [0.717, 1.165) is 38.1 Å². The van der Waals surface area contributed by atoms with Crippen LogP contribution in [0.4, 0.5) is 0 Å². The summed E-state index contributed by atoms with van der Waals surface area (Å²) in [4.78, 5) is 0. The molecule has 0 fully saturated rings. The second-order valence-electron chi connectivity index (χ2n) is 11.3. The second kappa shape index (κ2) is 11.1. The third kappa shape index (κ3) is 4.67. The van der Waals surface area contributed by atoms with E-state index in [4.69, 9.17) is 4.74 Å². The zero-order valence-electron chi connectivity index (χ0n) is 24.2. The molecule has 1 heterocycles. The van der Waals surface area contributed by atoms with Crippen molar-refractivity contribution >= 4 is 46.9 Å². The molecule has 0 atom stereocenters. The summed E-state index contributed by atoms with van der Waals surface area (Å²) in [5.74, 6) is 1.58. The highest BCUT2D eigenvalue weighted by atomic mass is 31.2. The maximum atomic E-state index is 15.6. The number of hydrogen-bond donors (Lipinski definition) is 0. The van der Waals surface area contributed by atoms with Gasteiger partial charge in [-0.15, -0.1) is 0 Å². The molecule has 0 saturated carbocycles. The molecule has 1 aliphatic rings. The zero-order chi connectivity index (χ0) is 29.4. The smallest absolute Gasteiger partial charge is 0.174 e. The number of fused-ring (bicyclic) bond motifs is 2. The molecule has 43 heavy (non-hydrogen) atoms.